The minimum atomic E-state index is -3.22. The van der Waals surface area contributed by atoms with Gasteiger partial charge in [-0.3, -0.25) is 0 Å². The molecule has 0 saturated carbocycles. The van der Waals surface area contributed by atoms with Crippen LogP contribution in [0.4, 0.5) is 4.79 Å². The number of sulfonamides is 1. The lowest BCUT2D eigenvalue weighted by Gasteiger charge is -2.08. The molecule has 1 heterocycles. The van der Waals surface area contributed by atoms with E-state index in [0.717, 1.165) is 17.6 Å². The second-order valence-corrected chi connectivity index (χ2v) is 6.50. The Labute approximate surface area is 124 Å². The quantitative estimate of drug-likeness (QED) is 0.586. The molecular weight excluding hydrogens is 294 g/mol. The van der Waals surface area contributed by atoms with Gasteiger partial charge in [-0.2, -0.15) is 0 Å². The van der Waals surface area contributed by atoms with E-state index in [1.54, 1.807) is 0 Å². The van der Waals surface area contributed by atoms with Gasteiger partial charge in [0.05, 0.1) is 6.26 Å². The van der Waals surface area contributed by atoms with Crippen molar-refractivity contribution < 1.29 is 13.2 Å². The third-order valence-electron chi connectivity index (χ3n) is 2.44. The monoisotopic (exact) mass is 315 g/mol. The van der Waals surface area contributed by atoms with Crippen molar-refractivity contribution in [1.82, 2.24) is 25.3 Å². The molecule has 0 radical (unpaired) electrons. The van der Waals surface area contributed by atoms with Crippen LogP contribution in [0, 0.1) is 13.8 Å². The minimum absolute atomic E-state index is 0.159. The molecule has 1 aromatic rings. The molecule has 2 amide bonds. The first kappa shape index (κ1) is 17.3. The summed E-state index contributed by atoms with van der Waals surface area (Å²) in [6.07, 6.45) is 1.61. The number of aromatic nitrogens is 2. The Hall–Kier alpha value is -1.74. The smallest absolute Gasteiger partial charge is 0.314 e. The predicted octanol–water partition coefficient (Wildman–Crippen LogP) is -0.516. The minimum Gasteiger partial charge on any atom is -0.338 e. The highest BCUT2D eigenvalue weighted by Crippen LogP contribution is 1.99. The largest absolute Gasteiger partial charge is 0.338 e. The van der Waals surface area contributed by atoms with E-state index >= 15 is 0 Å². The Bertz CT molecular complexity index is 568. The number of carbonyl (C=O) groups is 1. The van der Waals surface area contributed by atoms with E-state index in [1.807, 2.05) is 19.9 Å². The molecule has 0 fully saturated rings. The standard InChI is InChI=1S/C12H21N5O3S/c1-9-8-10(2)17-11(16-9)4-5-13-12(18)14-6-7-15-21(3,19)20/h8,15H,4-7H2,1-3H3,(H2,13,14,18). The summed E-state index contributed by atoms with van der Waals surface area (Å²) in [5.41, 5.74) is 1.79. The van der Waals surface area contributed by atoms with Crippen LogP contribution in [0.3, 0.4) is 0 Å². The number of urea groups is 1. The van der Waals surface area contributed by atoms with Crippen LogP contribution in [-0.4, -0.2) is 50.3 Å². The highest BCUT2D eigenvalue weighted by molar-refractivity contribution is 7.88. The predicted molar refractivity (Wildman–Crippen MR) is 79.5 cm³/mol. The first-order valence-electron chi connectivity index (χ1n) is 6.54. The molecule has 3 N–H and O–H groups in total. The molecule has 1 rings (SSSR count). The van der Waals surface area contributed by atoms with Crippen molar-refractivity contribution in [1.29, 1.82) is 0 Å². The van der Waals surface area contributed by atoms with Crippen molar-refractivity contribution in [3.63, 3.8) is 0 Å². The first-order chi connectivity index (χ1) is 9.76. The maximum absolute atomic E-state index is 11.5. The van der Waals surface area contributed by atoms with Crippen molar-refractivity contribution in [3.8, 4) is 0 Å². The Balaban J connectivity index is 2.21. The molecule has 1 aromatic heterocycles. The number of nitrogens with zero attached hydrogens (tertiary/aromatic N) is 2. The van der Waals surface area contributed by atoms with Gasteiger partial charge in [0.1, 0.15) is 5.82 Å². The number of hydrogen-bond donors (Lipinski definition) is 3. The van der Waals surface area contributed by atoms with E-state index in [4.69, 9.17) is 0 Å². The molecule has 0 atom stereocenters. The van der Waals surface area contributed by atoms with Crippen LogP contribution >= 0.6 is 0 Å². The van der Waals surface area contributed by atoms with Gasteiger partial charge in [0, 0.05) is 37.4 Å². The van der Waals surface area contributed by atoms with Crippen molar-refractivity contribution in [3.05, 3.63) is 23.3 Å². The molecule has 0 unspecified atom stereocenters. The summed E-state index contributed by atoms with van der Waals surface area (Å²) in [6, 6.07) is 1.54. The topological polar surface area (TPSA) is 113 Å². The van der Waals surface area contributed by atoms with E-state index in [-0.39, 0.29) is 19.1 Å². The number of carbonyl (C=O) groups excluding carboxylic acids is 1. The van der Waals surface area contributed by atoms with Crippen LogP contribution in [0.5, 0.6) is 0 Å². The lowest BCUT2D eigenvalue weighted by atomic mass is 10.3. The molecule has 0 aliphatic heterocycles. The number of amides is 2. The third kappa shape index (κ3) is 8.20. The van der Waals surface area contributed by atoms with E-state index in [2.05, 4.69) is 25.3 Å². The second kappa shape index (κ2) is 7.89. The Morgan fingerprint density at radius 2 is 1.67 bits per heavy atom. The summed E-state index contributed by atoms with van der Waals surface area (Å²) in [5.74, 6) is 0.687. The summed E-state index contributed by atoms with van der Waals surface area (Å²) in [7, 11) is -3.22. The lowest BCUT2D eigenvalue weighted by Crippen LogP contribution is -2.40. The number of hydrogen-bond acceptors (Lipinski definition) is 5. The lowest BCUT2D eigenvalue weighted by molar-refractivity contribution is 0.241. The van der Waals surface area contributed by atoms with Gasteiger partial charge in [0.2, 0.25) is 10.0 Å². The fourth-order valence-electron chi connectivity index (χ4n) is 1.67. The molecule has 0 spiro atoms. The normalized spacial score (nSPS) is 11.2. The fourth-order valence-corrected chi connectivity index (χ4v) is 2.15. The van der Waals surface area contributed by atoms with Crippen molar-refractivity contribution in [2.24, 2.45) is 0 Å². The van der Waals surface area contributed by atoms with Crippen molar-refractivity contribution >= 4 is 16.1 Å². The maximum Gasteiger partial charge on any atom is 0.314 e. The zero-order chi connectivity index (χ0) is 15.9. The zero-order valence-electron chi connectivity index (χ0n) is 12.4. The van der Waals surface area contributed by atoms with Gasteiger partial charge in [-0.1, -0.05) is 0 Å². The molecular formula is C12H21N5O3S. The van der Waals surface area contributed by atoms with Crippen molar-refractivity contribution in [2.45, 2.75) is 20.3 Å². The number of nitrogens with one attached hydrogen (secondary N) is 3. The number of rotatable bonds is 7. The summed E-state index contributed by atoms with van der Waals surface area (Å²) in [4.78, 5) is 20.0. The van der Waals surface area contributed by atoms with Gasteiger partial charge in [0.15, 0.2) is 0 Å². The van der Waals surface area contributed by atoms with Gasteiger partial charge in [-0.25, -0.2) is 27.9 Å². The van der Waals surface area contributed by atoms with Crippen LogP contribution in [-0.2, 0) is 16.4 Å². The van der Waals surface area contributed by atoms with E-state index in [9.17, 15) is 13.2 Å². The average molecular weight is 315 g/mol. The molecule has 0 bridgehead atoms. The molecule has 0 aromatic carbocycles. The molecule has 0 saturated heterocycles. The summed E-state index contributed by atoms with van der Waals surface area (Å²) in [6.45, 7) is 4.58. The fraction of sp³-hybridized carbons (Fsp3) is 0.583. The van der Waals surface area contributed by atoms with Crippen LogP contribution in [0.1, 0.15) is 17.2 Å². The zero-order valence-corrected chi connectivity index (χ0v) is 13.2. The second-order valence-electron chi connectivity index (χ2n) is 4.67. The molecule has 118 valence electrons. The van der Waals surface area contributed by atoms with E-state index in [0.29, 0.717) is 18.8 Å². The summed E-state index contributed by atoms with van der Waals surface area (Å²) < 4.78 is 23.9. The van der Waals surface area contributed by atoms with Gasteiger partial charge < -0.3 is 10.6 Å². The van der Waals surface area contributed by atoms with Crippen LogP contribution in [0.25, 0.3) is 0 Å². The highest BCUT2D eigenvalue weighted by atomic mass is 32.2. The Morgan fingerprint density at radius 1 is 1.10 bits per heavy atom. The maximum atomic E-state index is 11.5. The Kier molecular flexibility index (Phi) is 6.50. The summed E-state index contributed by atoms with van der Waals surface area (Å²) in [5, 5.41) is 5.21. The Morgan fingerprint density at radius 3 is 2.24 bits per heavy atom. The molecule has 0 aliphatic rings. The van der Waals surface area contributed by atoms with Crippen LogP contribution in [0.15, 0.2) is 6.07 Å². The third-order valence-corrected chi connectivity index (χ3v) is 3.17. The van der Waals surface area contributed by atoms with Crippen LogP contribution < -0.4 is 15.4 Å². The summed E-state index contributed by atoms with van der Waals surface area (Å²) >= 11 is 0. The van der Waals surface area contributed by atoms with E-state index < -0.39 is 10.0 Å². The van der Waals surface area contributed by atoms with Crippen molar-refractivity contribution in [2.75, 3.05) is 25.9 Å². The highest BCUT2D eigenvalue weighted by Gasteiger charge is 2.03. The molecule has 21 heavy (non-hydrogen) atoms. The average Bonchev–Trinajstić information content (AvgIpc) is 2.32. The molecule has 9 heteroatoms. The van der Waals surface area contributed by atoms with Crippen LogP contribution in [0.2, 0.25) is 0 Å². The molecule has 8 nitrogen and oxygen atoms in total. The van der Waals surface area contributed by atoms with E-state index in [1.165, 1.54) is 0 Å². The van der Waals surface area contributed by atoms with Gasteiger partial charge in [-0.05, 0) is 19.9 Å². The first-order valence-corrected chi connectivity index (χ1v) is 8.43. The van der Waals surface area contributed by atoms with Gasteiger partial charge in [0.25, 0.3) is 0 Å². The number of aryl methyl sites for hydroxylation is 2. The SMILES string of the molecule is Cc1cc(C)nc(CCNC(=O)NCCNS(C)(=O)=O)n1. The van der Waals surface area contributed by atoms with Gasteiger partial charge in [-0.15, -0.1) is 0 Å². The van der Waals surface area contributed by atoms with Gasteiger partial charge >= 0.3 is 6.03 Å². The molecule has 0 aliphatic carbocycles.